The molecule has 0 atom stereocenters. The molecular formula is C15H13NO5. The third-order valence-corrected chi connectivity index (χ3v) is 3.33. The topological polar surface area (TPSA) is 80.0 Å². The molecule has 3 rings (SSSR count). The maximum Gasteiger partial charge on any atom is 0.339 e. The maximum absolute atomic E-state index is 12.5. The monoisotopic (exact) mass is 287 g/mol. The molecule has 0 bridgehead atoms. The lowest BCUT2D eigenvalue weighted by atomic mass is 10.1. The number of carboxylic acids is 1. The number of para-hydroxylation sites is 1. The summed E-state index contributed by atoms with van der Waals surface area (Å²) in [5.74, 6) is -0.466. The first kappa shape index (κ1) is 13.2. The first-order valence-corrected chi connectivity index (χ1v) is 6.47. The Hall–Kier alpha value is -2.76. The van der Waals surface area contributed by atoms with E-state index in [1.807, 2.05) is 0 Å². The Labute approximate surface area is 120 Å². The normalized spacial score (nSPS) is 14.3. The number of carbonyl (C=O) groups is 2. The van der Waals surface area contributed by atoms with E-state index < -0.39 is 5.97 Å². The van der Waals surface area contributed by atoms with Crippen LogP contribution in [0.3, 0.4) is 0 Å². The van der Waals surface area contributed by atoms with Crippen LogP contribution in [0.5, 0.6) is 5.75 Å². The largest absolute Gasteiger partial charge is 0.491 e. The summed E-state index contributed by atoms with van der Waals surface area (Å²) in [7, 11) is 0. The van der Waals surface area contributed by atoms with Gasteiger partial charge in [-0.3, -0.25) is 4.79 Å². The second kappa shape index (κ2) is 5.32. The summed E-state index contributed by atoms with van der Waals surface area (Å²) in [6, 6.07) is 8.38. The minimum Gasteiger partial charge on any atom is -0.491 e. The summed E-state index contributed by atoms with van der Waals surface area (Å²) in [6.45, 7) is 0.824. The Kier molecular flexibility index (Phi) is 3.35. The molecule has 1 amide bonds. The zero-order valence-electron chi connectivity index (χ0n) is 11.1. The van der Waals surface area contributed by atoms with Crippen LogP contribution in [0.25, 0.3) is 0 Å². The van der Waals surface area contributed by atoms with Crippen molar-refractivity contribution < 1.29 is 23.8 Å². The first-order chi connectivity index (χ1) is 10.2. The number of benzene rings is 1. The van der Waals surface area contributed by atoms with Gasteiger partial charge in [-0.05, 0) is 18.2 Å². The Bertz CT molecular complexity index is 691. The lowest BCUT2D eigenvalue weighted by Gasteiger charge is -2.18. The Balaban J connectivity index is 1.88. The van der Waals surface area contributed by atoms with Gasteiger partial charge in [-0.1, -0.05) is 12.1 Å². The lowest BCUT2D eigenvalue weighted by Crippen LogP contribution is -2.32. The van der Waals surface area contributed by atoms with Crippen molar-refractivity contribution in [2.75, 3.05) is 13.2 Å². The highest BCUT2D eigenvalue weighted by Gasteiger charge is 2.25. The van der Waals surface area contributed by atoms with Gasteiger partial charge in [0.1, 0.15) is 23.7 Å². The van der Waals surface area contributed by atoms with Crippen molar-refractivity contribution in [1.29, 1.82) is 0 Å². The van der Waals surface area contributed by atoms with E-state index in [1.165, 1.54) is 17.2 Å². The number of carboxylic acid groups (broad SMARTS) is 1. The summed E-state index contributed by atoms with van der Waals surface area (Å²) in [5, 5.41) is 9.08. The van der Waals surface area contributed by atoms with Crippen LogP contribution in [0.1, 0.15) is 26.5 Å². The van der Waals surface area contributed by atoms with Crippen molar-refractivity contribution in [2.45, 2.75) is 6.54 Å². The number of nitrogens with zero attached hydrogens (tertiary/aromatic N) is 1. The predicted molar refractivity (Wildman–Crippen MR) is 72.3 cm³/mol. The number of carbonyl (C=O) groups excluding carboxylic acids is 1. The van der Waals surface area contributed by atoms with Gasteiger partial charge < -0.3 is 19.2 Å². The number of amides is 1. The number of fused-ring (bicyclic) bond motifs is 1. The third-order valence-electron chi connectivity index (χ3n) is 3.33. The highest BCUT2D eigenvalue weighted by molar-refractivity contribution is 5.97. The van der Waals surface area contributed by atoms with Crippen LogP contribution in [0.4, 0.5) is 0 Å². The molecule has 1 aromatic carbocycles. The van der Waals surface area contributed by atoms with Crippen LogP contribution in [-0.2, 0) is 6.54 Å². The highest BCUT2D eigenvalue weighted by atomic mass is 16.5. The van der Waals surface area contributed by atoms with Crippen LogP contribution in [-0.4, -0.2) is 35.0 Å². The molecule has 6 nitrogen and oxygen atoms in total. The molecule has 0 radical (unpaired) electrons. The molecule has 0 fully saturated rings. The minimum atomic E-state index is -1.07. The van der Waals surface area contributed by atoms with Crippen molar-refractivity contribution in [2.24, 2.45) is 0 Å². The van der Waals surface area contributed by atoms with E-state index in [0.717, 1.165) is 0 Å². The molecule has 1 aliphatic heterocycles. The van der Waals surface area contributed by atoms with E-state index in [-0.39, 0.29) is 23.8 Å². The minimum absolute atomic E-state index is 0.0706. The molecule has 108 valence electrons. The Morgan fingerprint density at radius 1 is 1.29 bits per heavy atom. The number of hydrogen-bond donors (Lipinski definition) is 1. The second-order valence-corrected chi connectivity index (χ2v) is 4.63. The molecule has 1 aliphatic rings. The van der Waals surface area contributed by atoms with Gasteiger partial charge in [-0.2, -0.15) is 0 Å². The van der Waals surface area contributed by atoms with Gasteiger partial charge in [0.15, 0.2) is 0 Å². The van der Waals surface area contributed by atoms with Crippen LogP contribution < -0.4 is 4.74 Å². The van der Waals surface area contributed by atoms with Gasteiger partial charge in [0, 0.05) is 0 Å². The van der Waals surface area contributed by atoms with Crippen molar-refractivity contribution in [3.05, 3.63) is 53.5 Å². The fourth-order valence-corrected chi connectivity index (χ4v) is 2.28. The first-order valence-electron chi connectivity index (χ1n) is 6.47. The van der Waals surface area contributed by atoms with Gasteiger partial charge in [0.05, 0.1) is 24.9 Å². The number of furan rings is 1. The van der Waals surface area contributed by atoms with E-state index in [0.29, 0.717) is 24.5 Å². The zero-order chi connectivity index (χ0) is 14.8. The Morgan fingerprint density at radius 3 is 2.90 bits per heavy atom. The molecule has 0 saturated carbocycles. The summed E-state index contributed by atoms with van der Waals surface area (Å²) in [4.78, 5) is 25.1. The van der Waals surface area contributed by atoms with Crippen LogP contribution in [0.2, 0.25) is 0 Å². The third kappa shape index (κ3) is 2.47. The fourth-order valence-electron chi connectivity index (χ4n) is 2.28. The molecule has 21 heavy (non-hydrogen) atoms. The maximum atomic E-state index is 12.5. The number of ether oxygens (including phenoxy) is 1. The molecule has 0 spiro atoms. The molecule has 0 saturated heterocycles. The summed E-state index contributed by atoms with van der Waals surface area (Å²) in [5.41, 5.74) is 0.541. The predicted octanol–water partition coefficient (Wildman–Crippen LogP) is 2.01. The fraction of sp³-hybridized carbons (Fsp3) is 0.200. The molecule has 0 aliphatic carbocycles. The van der Waals surface area contributed by atoms with E-state index in [4.69, 9.17) is 14.3 Å². The molecule has 1 N–H and O–H groups in total. The quantitative estimate of drug-likeness (QED) is 0.934. The summed E-state index contributed by atoms with van der Waals surface area (Å²) < 4.78 is 10.7. The van der Waals surface area contributed by atoms with E-state index in [1.54, 1.807) is 24.3 Å². The number of hydrogen-bond acceptors (Lipinski definition) is 4. The SMILES string of the molecule is O=C(O)c1ccoc1CN1CCOc2ccccc2C1=O. The second-order valence-electron chi connectivity index (χ2n) is 4.63. The standard InChI is InChI=1S/C15H13NO5/c17-14-10-3-1-2-4-12(10)21-8-6-16(14)9-13-11(15(18)19)5-7-20-13/h1-5,7H,6,8-9H2,(H,18,19). The van der Waals surface area contributed by atoms with Gasteiger partial charge in [0.2, 0.25) is 0 Å². The molecule has 6 heteroatoms. The van der Waals surface area contributed by atoms with Crippen LogP contribution in [0.15, 0.2) is 41.0 Å². The van der Waals surface area contributed by atoms with E-state index >= 15 is 0 Å². The van der Waals surface area contributed by atoms with Crippen LogP contribution >= 0.6 is 0 Å². The average molecular weight is 287 g/mol. The zero-order valence-corrected chi connectivity index (χ0v) is 11.1. The average Bonchev–Trinajstić information content (AvgIpc) is 2.88. The molecule has 2 heterocycles. The summed E-state index contributed by atoms with van der Waals surface area (Å²) in [6.07, 6.45) is 1.31. The number of rotatable bonds is 3. The molecule has 2 aromatic rings. The molecule has 1 aromatic heterocycles. The molecule has 0 unspecified atom stereocenters. The van der Waals surface area contributed by atoms with Crippen LogP contribution in [0, 0.1) is 0 Å². The number of aromatic carboxylic acids is 1. The Morgan fingerprint density at radius 2 is 2.10 bits per heavy atom. The highest BCUT2D eigenvalue weighted by Crippen LogP contribution is 2.24. The van der Waals surface area contributed by atoms with E-state index in [2.05, 4.69) is 0 Å². The van der Waals surface area contributed by atoms with Gasteiger partial charge in [-0.15, -0.1) is 0 Å². The van der Waals surface area contributed by atoms with Crippen molar-refractivity contribution >= 4 is 11.9 Å². The summed E-state index contributed by atoms with van der Waals surface area (Å²) >= 11 is 0. The van der Waals surface area contributed by atoms with Gasteiger partial charge in [0.25, 0.3) is 5.91 Å². The van der Waals surface area contributed by atoms with Gasteiger partial charge >= 0.3 is 5.97 Å². The lowest BCUT2D eigenvalue weighted by molar-refractivity contribution is 0.0675. The van der Waals surface area contributed by atoms with Crippen molar-refractivity contribution in [1.82, 2.24) is 4.90 Å². The van der Waals surface area contributed by atoms with Gasteiger partial charge in [-0.25, -0.2) is 4.79 Å². The van der Waals surface area contributed by atoms with Crippen molar-refractivity contribution in [3.63, 3.8) is 0 Å². The molecular weight excluding hydrogens is 274 g/mol. The smallest absolute Gasteiger partial charge is 0.339 e. The van der Waals surface area contributed by atoms with Crippen molar-refractivity contribution in [3.8, 4) is 5.75 Å². The van der Waals surface area contributed by atoms with E-state index in [9.17, 15) is 9.59 Å².